The molecule has 4 nitrogen and oxygen atoms in total. The van der Waals surface area contributed by atoms with Crippen molar-refractivity contribution < 1.29 is 4.74 Å². The molecule has 1 aromatic heterocycles. The van der Waals surface area contributed by atoms with E-state index < -0.39 is 0 Å². The van der Waals surface area contributed by atoms with E-state index >= 15 is 0 Å². The topological polar surface area (TPSA) is 47.0 Å². The monoisotopic (exact) mass is 277 g/mol. The van der Waals surface area contributed by atoms with Gasteiger partial charge in [0.05, 0.1) is 6.10 Å². The molecular weight excluding hydrogens is 250 g/mol. The number of aromatic nitrogens is 2. The van der Waals surface area contributed by atoms with Gasteiger partial charge in [-0.1, -0.05) is 20.8 Å². The minimum absolute atomic E-state index is 0.366. The van der Waals surface area contributed by atoms with Gasteiger partial charge in [0, 0.05) is 30.8 Å². The summed E-state index contributed by atoms with van der Waals surface area (Å²) in [5, 5.41) is 3.48. The Labute approximate surface area is 122 Å². The summed E-state index contributed by atoms with van der Waals surface area (Å²) in [6.45, 7) is 10.4. The van der Waals surface area contributed by atoms with Crippen LogP contribution < -0.4 is 5.32 Å². The largest absolute Gasteiger partial charge is 0.378 e. The zero-order valence-electron chi connectivity index (χ0n) is 13.1. The van der Waals surface area contributed by atoms with Crippen LogP contribution in [0, 0.1) is 18.8 Å². The SMILES string of the molecule is CCc1cc(NCC2CCCOC2C(C)C)nc(C)n1. The fraction of sp³-hybridized carbons (Fsp3) is 0.750. The maximum absolute atomic E-state index is 5.94. The lowest BCUT2D eigenvalue weighted by Crippen LogP contribution is -2.37. The van der Waals surface area contributed by atoms with Crippen molar-refractivity contribution in [1.29, 1.82) is 0 Å². The van der Waals surface area contributed by atoms with Crippen molar-refractivity contribution in [3.8, 4) is 0 Å². The smallest absolute Gasteiger partial charge is 0.129 e. The Morgan fingerprint density at radius 2 is 2.20 bits per heavy atom. The van der Waals surface area contributed by atoms with Crippen molar-refractivity contribution in [2.75, 3.05) is 18.5 Å². The lowest BCUT2D eigenvalue weighted by molar-refractivity contribution is -0.0481. The van der Waals surface area contributed by atoms with Crippen LogP contribution in [0.15, 0.2) is 6.07 Å². The molecule has 4 heteroatoms. The van der Waals surface area contributed by atoms with Gasteiger partial charge in [-0.3, -0.25) is 0 Å². The molecule has 2 heterocycles. The molecule has 2 rings (SSSR count). The van der Waals surface area contributed by atoms with Crippen LogP contribution in [0.4, 0.5) is 5.82 Å². The first-order chi connectivity index (χ1) is 9.60. The van der Waals surface area contributed by atoms with E-state index in [1.54, 1.807) is 0 Å². The highest BCUT2D eigenvalue weighted by Gasteiger charge is 2.28. The third kappa shape index (κ3) is 3.92. The highest BCUT2D eigenvalue weighted by Crippen LogP contribution is 2.26. The number of hydrogen-bond donors (Lipinski definition) is 1. The van der Waals surface area contributed by atoms with Gasteiger partial charge in [0.1, 0.15) is 11.6 Å². The molecule has 2 atom stereocenters. The summed E-state index contributed by atoms with van der Waals surface area (Å²) >= 11 is 0. The normalized spacial score (nSPS) is 23.1. The molecule has 20 heavy (non-hydrogen) atoms. The van der Waals surface area contributed by atoms with Gasteiger partial charge in [-0.15, -0.1) is 0 Å². The number of rotatable bonds is 5. The fourth-order valence-electron chi connectivity index (χ4n) is 2.96. The van der Waals surface area contributed by atoms with Crippen LogP contribution in [0.25, 0.3) is 0 Å². The molecule has 112 valence electrons. The number of nitrogens with zero attached hydrogens (tertiary/aromatic N) is 2. The van der Waals surface area contributed by atoms with E-state index in [2.05, 4.69) is 42.1 Å². The summed E-state index contributed by atoms with van der Waals surface area (Å²) in [6.07, 6.45) is 3.71. The number of hydrogen-bond acceptors (Lipinski definition) is 4. The summed E-state index contributed by atoms with van der Waals surface area (Å²) in [5.74, 6) is 2.93. The average molecular weight is 277 g/mol. The summed E-state index contributed by atoms with van der Waals surface area (Å²) in [7, 11) is 0. The minimum atomic E-state index is 0.366. The Hall–Kier alpha value is -1.16. The Morgan fingerprint density at radius 3 is 2.90 bits per heavy atom. The van der Waals surface area contributed by atoms with E-state index in [1.807, 2.05) is 6.92 Å². The van der Waals surface area contributed by atoms with E-state index in [0.29, 0.717) is 17.9 Å². The second-order valence-corrected chi connectivity index (χ2v) is 6.01. The second kappa shape index (κ2) is 7.02. The van der Waals surface area contributed by atoms with E-state index in [-0.39, 0.29) is 0 Å². The maximum atomic E-state index is 5.94. The zero-order valence-corrected chi connectivity index (χ0v) is 13.1. The molecule has 1 aliphatic heterocycles. The molecule has 2 unspecified atom stereocenters. The van der Waals surface area contributed by atoms with E-state index in [1.165, 1.54) is 12.8 Å². The number of nitrogens with one attached hydrogen (secondary N) is 1. The molecular formula is C16H27N3O. The van der Waals surface area contributed by atoms with Gasteiger partial charge in [-0.25, -0.2) is 9.97 Å². The van der Waals surface area contributed by atoms with E-state index in [0.717, 1.165) is 36.9 Å². The molecule has 0 saturated carbocycles. The van der Waals surface area contributed by atoms with Crippen molar-refractivity contribution >= 4 is 5.82 Å². The van der Waals surface area contributed by atoms with Gasteiger partial charge >= 0.3 is 0 Å². The van der Waals surface area contributed by atoms with Gasteiger partial charge in [0.2, 0.25) is 0 Å². The lowest BCUT2D eigenvalue weighted by atomic mass is 9.87. The van der Waals surface area contributed by atoms with Crippen LogP contribution >= 0.6 is 0 Å². The van der Waals surface area contributed by atoms with E-state index in [4.69, 9.17) is 4.74 Å². The van der Waals surface area contributed by atoms with Crippen LogP contribution in [0.2, 0.25) is 0 Å². The highest BCUT2D eigenvalue weighted by molar-refractivity contribution is 5.36. The molecule has 0 spiro atoms. The van der Waals surface area contributed by atoms with Crippen molar-refractivity contribution in [1.82, 2.24) is 9.97 Å². The second-order valence-electron chi connectivity index (χ2n) is 6.01. The van der Waals surface area contributed by atoms with Crippen LogP contribution in [0.5, 0.6) is 0 Å². The average Bonchev–Trinajstić information content (AvgIpc) is 2.44. The summed E-state index contributed by atoms with van der Waals surface area (Å²) in [5.41, 5.74) is 1.10. The molecule has 0 aliphatic carbocycles. The highest BCUT2D eigenvalue weighted by atomic mass is 16.5. The van der Waals surface area contributed by atoms with Gasteiger partial charge in [0.25, 0.3) is 0 Å². The van der Waals surface area contributed by atoms with Crippen LogP contribution in [-0.2, 0) is 11.2 Å². The molecule has 0 amide bonds. The molecule has 1 saturated heterocycles. The summed E-state index contributed by atoms with van der Waals surface area (Å²) in [4.78, 5) is 8.89. The number of aryl methyl sites for hydroxylation is 2. The molecule has 0 radical (unpaired) electrons. The third-order valence-corrected chi connectivity index (χ3v) is 3.95. The van der Waals surface area contributed by atoms with E-state index in [9.17, 15) is 0 Å². The molecule has 1 N–H and O–H groups in total. The third-order valence-electron chi connectivity index (χ3n) is 3.95. The first-order valence-corrected chi connectivity index (χ1v) is 7.80. The predicted octanol–water partition coefficient (Wildman–Crippen LogP) is 3.21. The Morgan fingerprint density at radius 1 is 1.40 bits per heavy atom. The van der Waals surface area contributed by atoms with Gasteiger partial charge in [-0.05, 0) is 32.1 Å². The molecule has 1 aliphatic rings. The van der Waals surface area contributed by atoms with Crippen molar-refractivity contribution in [2.45, 2.75) is 53.1 Å². The number of anilines is 1. The first-order valence-electron chi connectivity index (χ1n) is 7.80. The summed E-state index contributed by atoms with van der Waals surface area (Å²) < 4.78 is 5.94. The standard InChI is InChI=1S/C16H27N3O/c1-5-14-9-15(19-12(4)18-14)17-10-13-7-6-8-20-16(13)11(2)3/h9,11,13,16H,5-8,10H2,1-4H3,(H,17,18,19). The Balaban J connectivity index is 1.98. The Bertz CT molecular complexity index is 434. The first kappa shape index (κ1) is 15.2. The molecule has 1 fully saturated rings. The fourth-order valence-corrected chi connectivity index (χ4v) is 2.96. The molecule has 0 bridgehead atoms. The van der Waals surface area contributed by atoms with Crippen LogP contribution in [-0.4, -0.2) is 29.2 Å². The van der Waals surface area contributed by atoms with Gasteiger partial charge < -0.3 is 10.1 Å². The van der Waals surface area contributed by atoms with Gasteiger partial charge in [-0.2, -0.15) is 0 Å². The molecule has 0 aromatic carbocycles. The predicted molar refractivity (Wildman–Crippen MR) is 81.9 cm³/mol. The quantitative estimate of drug-likeness (QED) is 0.897. The van der Waals surface area contributed by atoms with Crippen LogP contribution in [0.1, 0.15) is 45.1 Å². The maximum Gasteiger partial charge on any atom is 0.129 e. The molecule has 1 aromatic rings. The summed E-state index contributed by atoms with van der Waals surface area (Å²) in [6, 6.07) is 2.06. The van der Waals surface area contributed by atoms with Crippen LogP contribution in [0.3, 0.4) is 0 Å². The number of ether oxygens (including phenoxy) is 1. The minimum Gasteiger partial charge on any atom is -0.378 e. The Kier molecular flexibility index (Phi) is 5.35. The lowest BCUT2D eigenvalue weighted by Gasteiger charge is -2.34. The van der Waals surface area contributed by atoms with Crippen molar-refractivity contribution in [2.24, 2.45) is 11.8 Å². The van der Waals surface area contributed by atoms with Crippen molar-refractivity contribution in [3.05, 3.63) is 17.6 Å². The zero-order chi connectivity index (χ0) is 14.5. The van der Waals surface area contributed by atoms with Crippen molar-refractivity contribution in [3.63, 3.8) is 0 Å². The van der Waals surface area contributed by atoms with Gasteiger partial charge in [0.15, 0.2) is 0 Å².